The van der Waals surface area contributed by atoms with Gasteiger partial charge in [-0.1, -0.05) is 12.2 Å². The fourth-order valence-corrected chi connectivity index (χ4v) is 2.73. The predicted octanol–water partition coefficient (Wildman–Crippen LogP) is 1.43. The van der Waals surface area contributed by atoms with Gasteiger partial charge >= 0.3 is 0 Å². The van der Waals surface area contributed by atoms with Crippen molar-refractivity contribution in [3.63, 3.8) is 0 Å². The number of rotatable bonds is 1. The summed E-state index contributed by atoms with van der Waals surface area (Å²) in [6.45, 7) is 8.61. The van der Waals surface area contributed by atoms with E-state index in [1.165, 1.54) is 18.5 Å². The highest BCUT2D eigenvalue weighted by Crippen LogP contribution is 2.41. The fraction of sp³-hybridized carbons (Fsp3) is 0.800. The highest BCUT2D eigenvalue weighted by Gasteiger charge is 2.49. The van der Waals surface area contributed by atoms with Crippen molar-refractivity contribution < 1.29 is 4.74 Å². The van der Waals surface area contributed by atoms with E-state index in [4.69, 9.17) is 4.74 Å². The largest absolute Gasteiger partial charge is 0.379 e. The Labute approximate surface area is 74.2 Å². The molecule has 0 saturated carbocycles. The van der Waals surface area contributed by atoms with Gasteiger partial charge in [0.05, 0.1) is 6.10 Å². The quantitative estimate of drug-likeness (QED) is 0.548. The second-order valence-corrected chi connectivity index (χ2v) is 4.22. The van der Waals surface area contributed by atoms with E-state index in [0.29, 0.717) is 6.10 Å². The Morgan fingerprint density at radius 2 is 2.42 bits per heavy atom. The summed E-state index contributed by atoms with van der Waals surface area (Å²) < 4.78 is 5.49. The van der Waals surface area contributed by atoms with Crippen LogP contribution in [0, 0.1) is 0 Å². The van der Waals surface area contributed by atoms with Crippen LogP contribution in [0.2, 0.25) is 0 Å². The van der Waals surface area contributed by atoms with Crippen LogP contribution >= 0.6 is 0 Å². The Morgan fingerprint density at radius 1 is 1.67 bits per heavy atom. The molecule has 2 nitrogen and oxygen atoms in total. The Balaban J connectivity index is 2.21. The zero-order valence-electron chi connectivity index (χ0n) is 7.97. The summed E-state index contributed by atoms with van der Waals surface area (Å²) in [7, 11) is 1.82. The van der Waals surface area contributed by atoms with Gasteiger partial charge in [0.2, 0.25) is 0 Å². The van der Waals surface area contributed by atoms with E-state index >= 15 is 0 Å². The zero-order valence-corrected chi connectivity index (χ0v) is 7.97. The molecule has 2 heteroatoms. The molecule has 0 amide bonds. The van der Waals surface area contributed by atoms with Crippen molar-refractivity contribution in [1.82, 2.24) is 4.90 Å². The van der Waals surface area contributed by atoms with Gasteiger partial charge in [0, 0.05) is 25.7 Å². The molecule has 2 atom stereocenters. The maximum Gasteiger partial charge on any atom is 0.0767 e. The Bertz CT molecular complexity index is 214. The van der Waals surface area contributed by atoms with Gasteiger partial charge < -0.3 is 4.74 Å². The first kappa shape index (κ1) is 8.27. The SMILES string of the molecule is C=C1CN2CCC(OC)[C@]2(C)C1. The second kappa shape index (κ2) is 2.57. The van der Waals surface area contributed by atoms with Crippen LogP contribution in [0.3, 0.4) is 0 Å². The van der Waals surface area contributed by atoms with Gasteiger partial charge in [0.25, 0.3) is 0 Å². The molecule has 0 bridgehead atoms. The molecule has 2 heterocycles. The Morgan fingerprint density at radius 3 is 3.08 bits per heavy atom. The molecule has 0 aromatic rings. The van der Waals surface area contributed by atoms with Gasteiger partial charge in [-0.25, -0.2) is 0 Å². The molecule has 0 radical (unpaired) electrons. The van der Waals surface area contributed by atoms with Crippen molar-refractivity contribution in [2.45, 2.75) is 31.4 Å². The molecule has 2 saturated heterocycles. The van der Waals surface area contributed by atoms with Crippen molar-refractivity contribution in [3.05, 3.63) is 12.2 Å². The molecule has 12 heavy (non-hydrogen) atoms. The fourth-order valence-electron chi connectivity index (χ4n) is 2.73. The summed E-state index contributed by atoms with van der Waals surface area (Å²) in [5.74, 6) is 0. The van der Waals surface area contributed by atoms with Crippen molar-refractivity contribution in [2.24, 2.45) is 0 Å². The molecular formula is C10H17NO. The standard InChI is InChI=1S/C10H17NO/c1-8-6-10(2)9(12-3)4-5-11(10)7-8/h9H,1,4-7H2,2-3H3/t9?,10-/m0/s1. The summed E-state index contributed by atoms with van der Waals surface area (Å²) in [5.41, 5.74) is 1.62. The van der Waals surface area contributed by atoms with E-state index in [-0.39, 0.29) is 5.54 Å². The average Bonchev–Trinajstić information content (AvgIpc) is 2.41. The molecule has 1 unspecified atom stereocenters. The smallest absolute Gasteiger partial charge is 0.0767 e. The first-order chi connectivity index (χ1) is 5.66. The topological polar surface area (TPSA) is 12.5 Å². The molecule has 0 aromatic carbocycles. The van der Waals surface area contributed by atoms with Gasteiger partial charge in [-0.3, -0.25) is 4.90 Å². The van der Waals surface area contributed by atoms with Gasteiger partial charge in [0.1, 0.15) is 0 Å². The molecule has 0 aromatic heterocycles. The molecule has 2 aliphatic rings. The second-order valence-electron chi connectivity index (χ2n) is 4.22. The van der Waals surface area contributed by atoms with Crippen LogP contribution in [0.1, 0.15) is 19.8 Å². The lowest BCUT2D eigenvalue weighted by Gasteiger charge is -2.31. The van der Waals surface area contributed by atoms with Crippen molar-refractivity contribution in [2.75, 3.05) is 20.2 Å². The third kappa shape index (κ3) is 0.947. The Hall–Kier alpha value is -0.340. The van der Waals surface area contributed by atoms with Crippen LogP contribution in [-0.2, 0) is 4.74 Å². The molecule has 68 valence electrons. The van der Waals surface area contributed by atoms with E-state index in [1.807, 2.05) is 7.11 Å². The minimum absolute atomic E-state index is 0.256. The minimum Gasteiger partial charge on any atom is -0.379 e. The molecule has 0 N–H and O–H groups in total. The van der Waals surface area contributed by atoms with Gasteiger partial charge in [0.15, 0.2) is 0 Å². The van der Waals surface area contributed by atoms with E-state index in [9.17, 15) is 0 Å². The van der Waals surface area contributed by atoms with Crippen molar-refractivity contribution in [3.8, 4) is 0 Å². The number of methoxy groups -OCH3 is 1. The highest BCUT2D eigenvalue weighted by molar-refractivity contribution is 5.18. The van der Waals surface area contributed by atoms with Crippen LogP contribution in [-0.4, -0.2) is 36.7 Å². The maximum absolute atomic E-state index is 5.49. The molecular weight excluding hydrogens is 150 g/mol. The number of hydrogen-bond acceptors (Lipinski definition) is 2. The molecule has 0 aliphatic carbocycles. The molecule has 2 rings (SSSR count). The molecule has 2 fully saturated rings. The number of fused-ring (bicyclic) bond motifs is 1. The maximum atomic E-state index is 5.49. The number of nitrogens with zero attached hydrogens (tertiary/aromatic N) is 1. The summed E-state index contributed by atoms with van der Waals surface area (Å²) in [4.78, 5) is 2.50. The van der Waals surface area contributed by atoms with E-state index < -0.39 is 0 Å². The molecule has 0 spiro atoms. The summed E-state index contributed by atoms with van der Waals surface area (Å²) in [6.07, 6.45) is 2.71. The summed E-state index contributed by atoms with van der Waals surface area (Å²) >= 11 is 0. The number of hydrogen-bond donors (Lipinski definition) is 0. The van der Waals surface area contributed by atoms with Crippen LogP contribution < -0.4 is 0 Å². The highest BCUT2D eigenvalue weighted by atomic mass is 16.5. The van der Waals surface area contributed by atoms with Gasteiger partial charge in [-0.15, -0.1) is 0 Å². The van der Waals surface area contributed by atoms with Crippen molar-refractivity contribution in [1.29, 1.82) is 0 Å². The first-order valence-electron chi connectivity index (χ1n) is 4.61. The monoisotopic (exact) mass is 167 g/mol. The average molecular weight is 167 g/mol. The summed E-state index contributed by atoms with van der Waals surface area (Å²) in [6, 6.07) is 0. The zero-order chi connectivity index (χ0) is 8.77. The summed E-state index contributed by atoms with van der Waals surface area (Å²) in [5, 5.41) is 0. The van der Waals surface area contributed by atoms with E-state index in [1.54, 1.807) is 0 Å². The normalized spacial score (nSPS) is 42.2. The minimum atomic E-state index is 0.256. The third-order valence-corrected chi connectivity index (χ3v) is 3.38. The van der Waals surface area contributed by atoms with Gasteiger partial charge in [-0.05, 0) is 19.8 Å². The van der Waals surface area contributed by atoms with Crippen LogP contribution in [0.4, 0.5) is 0 Å². The predicted molar refractivity (Wildman–Crippen MR) is 49.1 cm³/mol. The van der Waals surface area contributed by atoms with E-state index in [2.05, 4.69) is 18.4 Å². The lowest BCUT2D eigenvalue weighted by Crippen LogP contribution is -2.43. The molecule has 2 aliphatic heterocycles. The van der Waals surface area contributed by atoms with E-state index in [0.717, 1.165) is 13.0 Å². The third-order valence-electron chi connectivity index (χ3n) is 3.38. The number of ether oxygens (including phenoxy) is 1. The van der Waals surface area contributed by atoms with Crippen LogP contribution in [0.15, 0.2) is 12.2 Å². The van der Waals surface area contributed by atoms with Crippen molar-refractivity contribution >= 4 is 0 Å². The van der Waals surface area contributed by atoms with Gasteiger partial charge in [-0.2, -0.15) is 0 Å². The van der Waals surface area contributed by atoms with Crippen LogP contribution in [0.25, 0.3) is 0 Å². The lowest BCUT2D eigenvalue weighted by atomic mass is 9.92. The lowest BCUT2D eigenvalue weighted by molar-refractivity contribution is 0.0270. The first-order valence-corrected chi connectivity index (χ1v) is 4.61. The Kier molecular flexibility index (Phi) is 1.77. The van der Waals surface area contributed by atoms with Crippen LogP contribution in [0.5, 0.6) is 0 Å².